The molecule has 25 heavy (non-hydrogen) atoms. The topological polar surface area (TPSA) is 49.7 Å². The Hall–Kier alpha value is -1.46. The van der Waals surface area contributed by atoms with Gasteiger partial charge in [-0.2, -0.15) is 0 Å². The van der Waals surface area contributed by atoms with Crippen LogP contribution in [0.15, 0.2) is 60.7 Å². The van der Waals surface area contributed by atoms with E-state index in [1.807, 2.05) is 36.4 Å². The summed E-state index contributed by atoms with van der Waals surface area (Å²) in [5, 5.41) is 22.1. The van der Waals surface area contributed by atoms with Gasteiger partial charge in [-0.25, -0.2) is 0 Å². The van der Waals surface area contributed by atoms with Gasteiger partial charge in [0.25, 0.3) is 8.32 Å². The van der Waals surface area contributed by atoms with E-state index in [-0.39, 0.29) is 11.6 Å². The van der Waals surface area contributed by atoms with Gasteiger partial charge in [0.15, 0.2) is 0 Å². The third-order valence-electron chi connectivity index (χ3n) is 4.52. The van der Waals surface area contributed by atoms with Crippen molar-refractivity contribution in [2.45, 2.75) is 51.4 Å². The maximum Gasteiger partial charge on any atom is 0.261 e. The number of aliphatic hydroxyl groups excluding tert-OH is 2. The molecule has 4 heteroatoms. The predicted octanol–water partition coefficient (Wildman–Crippen LogP) is 2.69. The Morgan fingerprint density at radius 1 is 0.880 bits per heavy atom. The van der Waals surface area contributed by atoms with E-state index in [4.69, 9.17) is 4.43 Å². The fourth-order valence-electron chi connectivity index (χ4n) is 3.44. The Morgan fingerprint density at radius 3 is 1.68 bits per heavy atom. The second-order valence-corrected chi connectivity index (χ2v) is 12.0. The highest BCUT2D eigenvalue weighted by atomic mass is 28.4. The van der Waals surface area contributed by atoms with E-state index >= 15 is 0 Å². The number of rotatable bonds is 7. The summed E-state index contributed by atoms with van der Waals surface area (Å²) in [4.78, 5) is 0. The average molecular weight is 359 g/mol. The van der Waals surface area contributed by atoms with Crippen LogP contribution in [0, 0.1) is 0 Å². The molecule has 136 valence electrons. The normalized spacial score (nSPS) is 15.0. The molecule has 0 unspecified atom stereocenters. The van der Waals surface area contributed by atoms with Crippen molar-refractivity contribution >= 4 is 18.7 Å². The van der Waals surface area contributed by atoms with Gasteiger partial charge in [-0.1, -0.05) is 81.4 Å². The van der Waals surface area contributed by atoms with E-state index in [1.54, 1.807) is 6.92 Å². The number of aliphatic hydroxyl groups is 2. The fourth-order valence-corrected chi connectivity index (χ4v) is 8.04. The van der Waals surface area contributed by atoms with Crippen LogP contribution in [0.5, 0.6) is 0 Å². The molecule has 0 aliphatic carbocycles. The van der Waals surface area contributed by atoms with Crippen molar-refractivity contribution in [1.29, 1.82) is 0 Å². The van der Waals surface area contributed by atoms with Crippen LogP contribution in [-0.2, 0) is 4.43 Å². The molecule has 0 amide bonds. The summed E-state index contributed by atoms with van der Waals surface area (Å²) in [5.41, 5.74) is 0. The quantitative estimate of drug-likeness (QED) is 0.748. The highest BCUT2D eigenvalue weighted by Crippen LogP contribution is 2.36. The Labute approximate surface area is 152 Å². The van der Waals surface area contributed by atoms with Crippen molar-refractivity contribution in [3.63, 3.8) is 0 Å². The minimum Gasteiger partial charge on any atom is -0.405 e. The van der Waals surface area contributed by atoms with Crippen molar-refractivity contribution in [2.75, 3.05) is 6.61 Å². The van der Waals surface area contributed by atoms with Crippen LogP contribution in [0.2, 0.25) is 5.04 Å². The first kappa shape index (κ1) is 19.9. The summed E-state index contributed by atoms with van der Waals surface area (Å²) in [6.45, 7) is 8.53. The molecule has 0 aliphatic heterocycles. The van der Waals surface area contributed by atoms with Gasteiger partial charge in [-0.05, 0) is 22.3 Å². The van der Waals surface area contributed by atoms with Crippen molar-refractivity contribution < 1.29 is 14.6 Å². The maximum absolute atomic E-state index is 10.3. The zero-order chi connectivity index (χ0) is 18.5. The second kappa shape index (κ2) is 8.28. The summed E-state index contributed by atoms with van der Waals surface area (Å²) in [6.07, 6.45) is -0.905. The molecule has 2 rings (SSSR count). The third kappa shape index (κ3) is 4.58. The van der Waals surface area contributed by atoms with Gasteiger partial charge in [-0.3, -0.25) is 0 Å². The van der Waals surface area contributed by atoms with Crippen molar-refractivity contribution in [1.82, 2.24) is 0 Å². The molecular weight excluding hydrogens is 328 g/mol. The lowest BCUT2D eigenvalue weighted by Gasteiger charge is -2.43. The third-order valence-corrected chi connectivity index (χ3v) is 9.53. The summed E-state index contributed by atoms with van der Waals surface area (Å²) in [6, 6.07) is 20.7. The molecular formula is C21H30O3Si. The van der Waals surface area contributed by atoms with Crippen LogP contribution in [0.25, 0.3) is 0 Å². The molecule has 0 aromatic heterocycles. The minimum absolute atomic E-state index is 0.111. The van der Waals surface area contributed by atoms with Crippen LogP contribution in [0.1, 0.15) is 34.1 Å². The van der Waals surface area contributed by atoms with Crippen LogP contribution in [-0.4, -0.2) is 37.3 Å². The Kier molecular flexibility index (Phi) is 6.57. The number of hydrogen-bond donors (Lipinski definition) is 2. The molecule has 2 aromatic carbocycles. The van der Waals surface area contributed by atoms with Crippen LogP contribution < -0.4 is 10.4 Å². The first-order valence-electron chi connectivity index (χ1n) is 8.88. The largest absolute Gasteiger partial charge is 0.405 e. The van der Waals surface area contributed by atoms with Crippen molar-refractivity contribution in [2.24, 2.45) is 0 Å². The average Bonchev–Trinajstić information content (AvgIpc) is 2.55. The van der Waals surface area contributed by atoms with E-state index in [0.29, 0.717) is 6.42 Å². The summed E-state index contributed by atoms with van der Waals surface area (Å²) < 4.78 is 6.61. The molecule has 0 saturated carbocycles. The first-order valence-corrected chi connectivity index (χ1v) is 10.8. The van der Waals surface area contributed by atoms with E-state index in [1.165, 1.54) is 10.4 Å². The molecule has 0 spiro atoms. The van der Waals surface area contributed by atoms with Crippen LogP contribution in [0.3, 0.4) is 0 Å². The molecule has 0 radical (unpaired) electrons. The molecule has 2 atom stereocenters. The lowest BCUT2D eigenvalue weighted by Crippen LogP contribution is -2.67. The molecule has 0 heterocycles. The van der Waals surface area contributed by atoms with Crippen molar-refractivity contribution in [3.8, 4) is 0 Å². The van der Waals surface area contributed by atoms with Gasteiger partial charge in [-0.15, -0.1) is 0 Å². The summed E-state index contributed by atoms with van der Waals surface area (Å²) in [5.74, 6) is 0. The van der Waals surface area contributed by atoms with Crippen molar-refractivity contribution in [3.05, 3.63) is 60.7 Å². The van der Waals surface area contributed by atoms with Crippen LogP contribution >= 0.6 is 0 Å². The minimum atomic E-state index is -2.60. The number of benzene rings is 2. The lowest BCUT2D eigenvalue weighted by atomic mass is 10.2. The molecule has 3 nitrogen and oxygen atoms in total. The first-order chi connectivity index (χ1) is 11.8. The zero-order valence-corrected chi connectivity index (χ0v) is 16.6. The zero-order valence-electron chi connectivity index (χ0n) is 15.6. The molecule has 2 aromatic rings. The Bertz CT molecular complexity index is 596. The SMILES string of the molecule is C[C@@H](O)C[C@H](O)CO[Si](c1ccccc1)(c1ccccc1)C(C)(C)C. The van der Waals surface area contributed by atoms with Crippen LogP contribution in [0.4, 0.5) is 0 Å². The number of hydrogen-bond acceptors (Lipinski definition) is 3. The highest BCUT2D eigenvalue weighted by molar-refractivity contribution is 6.99. The smallest absolute Gasteiger partial charge is 0.261 e. The predicted molar refractivity (Wildman–Crippen MR) is 106 cm³/mol. The van der Waals surface area contributed by atoms with Gasteiger partial charge in [0.2, 0.25) is 0 Å². The van der Waals surface area contributed by atoms with Gasteiger partial charge in [0.1, 0.15) is 0 Å². The molecule has 0 fully saturated rings. The monoisotopic (exact) mass is 358 g/mol. The molecule has 0 bridgehead atoms. The summed E-state index contributed by atoms with van der Waals surface area (Å²) in [7, 11) is -2.60. The van der Waals surface area contributed by atoms with E-state index < -0.39 is 20.5 Å². The van der Waals surface area contributed by atoms with Gasteiger partial charge in [0, 0.05) is 6.42 Å². The maximum atomic E-state index is 10.3. The summed E-state index contributed by atoms with van der Waals surface area (Å²) >= 11 is 0. The highest BCUT2D eigenvalue weighted by Gasteiger charge is 2.50. The van der Waals surface area contributed by atoms with E-state index in [2.05, 4.69) is 45.0 Å². The lowest BCUT2D eigenvalue weighted by molar-refractivity contribution is 0.0527. The standard InChI is InChI=1S/C21H30O3Si/c1-17(22)15-18(23)16-24-25(21(2,3)4,19-11-7-5-8-12-19)20-13-9-6-10-14-20/h5-14,17-18,22-23H,15-16H2,1-4H3/t17-,18+/m1/s1. The van der Waals surface area contributed by atoms with Gasteiger partial charge >= 0.3 is 0 Å². The molecule has 0 aliphatic rings. The van der Waals surface area contributed by atoms with Gasteiger partial charge < -0.3 is 14.6 Å². The Balaban J connectivity index is 2.49. The fraction of sp³-hybridized carbons (Fsp3) is 0.429. The molecule has 0 saturated heterocycles. The van der Waals surface area contributed by atoms with E-state index in [0.717, 1.165) is 0 Å². The Morgan fingerprint density at radius 2 is 1.32 bits per heavy atom. The van der Waals surface area contributed by atoms with Gasteiger partial charge in [0.05, 0.1) is 18.8 Å². The second-order valence-electron chi connectivity index (χ2n) is 7.71. The molecule has 2 N–H and O–H groups in total. The van der Waals surface area contributed by atoms with E-state index in [9.17, 15) is 10.2 Å².